The Labute approximate surface area is 111 Å². The van der Waals surface area contributed by atoms with Gasteiger partial charge < -0.3 is 15.2 Å². The Morgan fingerprint density at radius 3 is 2.72 bits per heavy atom. The van der Waals surface area contributed by atoms with Crippen LogP contribution >= 0.6 is 11.3 Å². The van der Waals surface area contributed by atoms with Crippen molar-refractivity contribution < 1.29 is 9.47 Å². The van der Waals surface area contributed by atoms with E-state index < -0.39 is 0 Å². The quantitative estimate of drug-likeness (QED) is 0.870. The molecule has 0 fully saturated rings. The molecule has 4 heteroatoms. The summed E-state index contributed by atoms with van der Waals surface area (Å²) in [6, 6.07) is 11.7. The maximum absolute atomic E-state index is 5.99. The number of thiophene rings is 1. The van der Waals surface area contributed by atoms with Gasteiger partial charge in [-0.2, -0.15) is 0 Å². The Bertz CT molecular complexity index is 470. The van der Waals surface area contributed by atoms with Crippen LogP contribution in [-0.4, -0.2) is 13.7 Å². The Morgan fingerprint density at radius 2 is 2.06 bits per heavy atom. The van der Waals surface area contributed by atoms with E-state index in [9.17, 15) is 0 Å². The van der Waals surface area contributed by atoms with Gasteiger partial charge in [-0.15, -0.1) is 11.3 Å². The maximum Gasteiger partial charge on any atom is 0.134 e. The van der Waals surface area contributed by atoms with Gasteiger partial charge in [0.05, 0.1) is 7.11 Å². The summed E-state index contributed by atoms with van der Waals surface area (Å²) in [5.74, 6) is 1.60. The first-order valence-corrected chi connectivity index (χ1v) is 6.75. The second-order valence-corrected chi connectivity index (χ2v) is 4.86. The third kappa shape index (κ3) is 3.24. The van der Waals surface area contributed by atoms with Crippen molar-refractivity contribution in [1.29, 1.82) is 0 Å². The van der Waals surface area contributed by atoms with Crippen molar-refractivity contribution in [2.75, 3.05) is 13.7 Å². The number of hydrogen-bond donors (Lipinski definition) is 1. The van der Waals surface area contributed by atoms with Crippen molar-refractivity contribution >= 4 is 11.3 Å². The largest absolute Gasteiger partial charge is 0.497 e. The van der Waals surface area contributed by atoms with Gasteiger partial charge in [0.2, 0.25) is 0 Å². The van der Waals surface area contributed by atoms with Gasteiger partial charge in [-0.1, -0.05) is 12.1 Å². The average molecular weight is 263 g/mol. The van der Waals surface area contributed by atoms with E-state index in [1.165, 1.54) is 4.88 Å². The first-order chi connectivity index (χ1) is 8.83. The fraction of sp³-hybridized carbons (Fsp3) is 0.286. The van der Waals surface area contributed by atoms with Crippen LogP contribution in [-0.2, 0) is 0 Å². The Balaban J connectivity index is 2.13. The lowest BCUT2D eigenvalue weighted by Crippen LogP contribution is -2.12. The minimum atomic E-state index is 0.0158. The van der Waals surface area contributed by atoms with Gasteiger partial charge in [-0.05, 0) is 30.1 Å². The summed E-state index contributed by atoms with van der Waals surface area (Å²) in [6.07, 6.45) is 0.819. The molecule has 1 heterocycles. The second-order valence-electron chi connectivity index (χ2n) is 3.88. The number of hydrogen-bond acceptors (Lipinski definition) is 4. The molecule has 1 aromatic carbocycles. The highest BCUT2D eigenvalue weighted by atomic mass is 32.1. The first kappa shape index (κ1) is 12.9. The highest BCUT2D eigenvalue weighted by molar-refractivity contribution is 7.10. The summed E-state index contributed by atoms with van der Waals surface area (Å²) in [5.41, 5.74) is 5.65. The lowest BCUT2D eigenvalue weighted by molar-refractivity contribution is 0.201. The number of ether oxygens (including phenoxy) is 2. The maximum atomic E-state index is 5.99. The molecule has 0 saturated carbocycles. The van der Waals surface area contributed by atoms with Crippen molar-refractivity contribution in [3.63, 3.8) is 0 Å². The van der Waals surface area contributed by atoms with Crippen LogP contribution in [0.1, 0.15) is 17.4 Å². The molecule has 0 aliphatic rings. The van der Waals surface area contributed by atoms with Gasteiger partial charge in [-0.25, -0.2) is 0 Å². The molecule has 1 atom stereocenters. The Morgan fingerprint density at radius 1 is 1.22 bits per heavy atom. The molecule has 0 bridgehead atoms. The zero-order valence-electron chi connectivity index (χ0n) is 10.3. The van der Waals surface area contributed by atoms with Crippen LogP contribution in [0.5, 0.6) is 11.5 Å². The molecule has 2 aromatic rings. The molecular weight excluding hydrogens is 246 g/mol. The number of rotatable bonds is 6. The molecule has 0 aliphatic carbocycles. The predicted molar refractivity (Wildman–Crippen MR) is 74.4 cm³/mol. The number of nitrogens with two attached hydrogens (primary N) is 1. The monoisotopic (exact) mass is 263 g/mol. The van der Waals surface area contributed by atoms with Crippen LogP contribution in [0.4, 0.5) is 0 Å². The fourth-order valence-electron chi connectivity index (χ4n) is 1.72. The van der Waals surface area contributed by atoms with Gasteiger partial charge in [0.25, 0.3) is 0 Å². The van der Waals surface area contributed by atoms with Crippen LogP contribution in [0.15, 0.2) is 41.8 Å². The first-order valence-electron chi connectivity index (χ1n) is 5.87. The lowest BCUT2D eigenvalue weighted by atomic mass is 10.2. The van der Waals surface area contributed by atoms with Crippen molar-refractivity contribution in [2.24, 2.45) is 5.73 Å². The summed E-state index contributed by atoms with van der Waals surface area (Å²) >= 11 is 1.69. The highest BCUT2D eigenvalue weighted by Crippen LogP contribution is 2.29. The molecule has 18 heavy (non-hydrogen) atoms. The van der Waals surface area contributed by atoms with E-state index in [1.54, 1.807) is 18.4 Å². The van der Waals surface area contributed by atoms with E-state index in [0.29, 0.717) is 6.54 Å². The number of methoxy groups -OCH3 is 1. The van der Waals surface area contributed by atoms with Gasteiger partial charge in [-0.3, -0.25) is 0 Å². The van der Waals surface area contributed by atoms with Crippen molar-refractivity contribution in [3.05, 3.63) is 46.7 Å². The molecular formula is C14H17NO2S. The second kappa shape index (κ2) is 6.42. The summed E-state index contributed by atoms with van der Waals surface area (Å²) in [4.78, 5) is 1.20. The third-order valence-corrected chi connectivity index (χ3v) is 3.57. The van der Waals surface area contributed by atoms with Gasteiger partial charge in [0.1, 0.15) is 17.6 Å². The fourth-order valence-corrected chi connectivity index (χ4v) is 2.51. The third-order valence-electron chi connectivity index (χ3n) is 2.61. The SMILES string of the molecule is COc1cccc(OC(CCN)c2cccs2)c1. The van der Waals surface area contributed by atoms with Crippen LogP contribution in [0.2, 0.25) is 0 Å². The molecule has 96 valence electrons. The van der Waals surface area contributed by atoms with E-state index in [4.69, 9.17) is 15.2 Å². The van der Waals surface area contributed by atoms with E-state index >= 15 is 0 Å². The molecule has 3 nitrogen and oxygen atoms in total. The highest BCUT2D eigenvalue weighted by Gasteiger charge is 2.13. The average Bonchev–Trinajstić information content (AvgIpc) is 2.92. The summed E-state index contributed by atoms with van der Waals surface area (Å²) in [6.45, 7) is 0.604. The molecule has 1 aromatic heterocycles. The molecule has 0 aliphatic heterocycles. The normalized spacial score (nSPS) is 12.1. The summed E-state index contributed by atoms with van der Waals surface area (Å²) < 4.78 is 11.2. The van der Waals surface area contributed by atoms with E-state index in [2.05, 4.69) is 6.07 Å². The molecule has 0 amide bonds. The van der Waals surface area contributed by atoms with E-state index in [0.717, 1.165) is 17.9 Å². The summed E-state index contributed by atoms with van der Waals surface area (Å²) in [7, 11) is 1.65. The van der Waals surface area contributed by atoms with E-state index in [-0.39, 0.29) is 6.10 Å². The molecule has 2 rings (SSSR count). The van der Waals surface area contributed by atoms with Crippen molar-refractivity contribution in [2.45, 2.75) is 12.5 Å². The zero-order chi connectivity index (χ0) is 12.8. The molecule has 0 spiro atoms. The van der Waals surface area contributed by atoms with E-state index in [1.807, 2.05) is 35.7 Å². The topological polar surface area (TPSA) is 44.5 Å². The Kier molecular flexibility index (Phi) is 4.61. The van der Waals surface area contributed by atoms with Crippen LogP contribution in [0, 0.1) is 0 Å². The molecule has 0 radical (unpaired) electrons. The summed E-state index contributed by atoms with van der Waals surface area (Å²) in [5, 5.41) is 2.05. The van der Waals surface area contributed by atoms with Crippen molar-refractivity contribution in [3.8, 4) is 11.5 Å². The van der Waals surface area contributed by atoms with Gasteiger partial charge >= 0.3 is 0 Å². The molecule has 2 N–H and O–H groups in total. The molecule has 0 saturated heterocycles. The standard InChI is InChI=1S/C14H17NO2S/c1-16-11-4-2-5-12(10-11)17-13(7-8-15)14-6-3-9-18-14/h2-6,9-10,13H,7-8,15H2,1H3. The smallest absolute Gasteiger partial charge is 0.134 e. The minimum Gasteiger partial charge on any atom is -0.497 e. The molecule has 1 unspecified atom stereocenters. The number of benzene rings is 1. The predicted octanol–water partition coefficient (Wildman–Crippen LogP) is 3.23. The van der Waals surface area contributed by atoms with Gasteiger partial charge in [0, 0.05) is 17.4 Å². The Hall–Kier alpha value is -1.52. The zero-order valence-corrected chi connectivity index (χ0v) is 11.2. The van der Waals surface area contributed by atoms with Crippen LogP contribution < -0.4 is 15.2 Å². The van der Waals surface area contributed by atoms with Crippen molar-refractivity contribution in [1.82, 2.24) is 0 Å². The van der Waals surface area contributed by atoms with Gasteiger partial charge in [0.15, 0.2) is 0 Å². The van der Waals surface area contributed by atoms with Crippen LogP contribution in [0.3, 0.4) is 0 Å². The minimum absolute atomic E-state index is 0.0158. The van der Waals surface area contributed by atoms with Crippen LogP contribution in [0.25, 0.3) is 0 Å². The lowest BCUT2D eigenvalue weighted by Gasteiger charge is -2.17.